The summed E-state index contributed by atoms with van der Waals surface area (Å²) >= 11 is 0. The molecule has 0 saturated carbocycles. The lowest BCUT2D eigenvalue weighted by Gasteiger charge is -2.30. The molecule has 106 valence electrons. The first-order valence-corrected chi connectivity index (χ1v) is 6.91. The Morgan fingerprint density at radius 3 is 2.90 bits per heavy atom. The minimum absolute atomic E-state index is 0.243. The molecule has 1 fully saturated rings. The van der Waals surface area contributed by atoms with Gasteiger partial charge in [-0.1, -0.05) is 23.4 Å². The van der Waals surface area contributed by atoms with Crippen molar-refractivity contribution in [1.29, 1.82) is 0 Å². The fourth-order valence-corrected chi connectivity index (χ4v) is 2.48. The molecule has 0 aliphatic carbocycles. The van der Waals surface area contributed by atoms with Gasteiger partial charge in [0, 0.05) is 12.2 Å². The highest BCUT2D eigenvalue weighted by Gasteiger charge is 2.34. The van der Waals surface area contributed by atoms with Gasteiger partial charge in [-0.3, -0.25) is 0 Å². The zero-order valence-corrected chi connectivity index (χ0v) is 11.5. The molecule has 1 aliphatic rings. The Hall–Kier alpha value is -1.88. The van der Waals surface area contributed by atoms with Crippen LogP contribution >= 0.6 is 0 Å². The second-order valence-electron chi connectivity index (χ2n) is 5.35. The quantitative estimate of drug-likeness (QED) is 0.932. The third-order valence-corrected chi connectivity index (χ3v) is 3.74. The minimum atomic E-state index is -0.446. The van der Waals surface area contributed by atoms with E-state index in [1.807, 2.05) is 19.1 Å². The molecule has 0 spiro atoms. The molecule has 1 aliphatic heterocycles. The average molecular weight is 274 g/mol. The van der Waals surface area contributed by atoms with E-state index >= 15 is 0 Å². The number of ether oxygens (including phenoxy) is 1. The summed E-state index contributed by atoms with van der Waals surface area (Å²) in [6, 6.07) is 7.16. The molecule has 1 saturated heterocycles. The van der Waals surface area contributed by atoms with Crippen LogP contribution in [0.4, 0.5) is 0 Å². The number of aromatic hydroxyl groups is 1. The fraction of sp³-hybridized carbons (Fsp3) is 0.467. The first kappa shape index (κ1) is 13.1. The van der Waals surface area contributed by atoms with Crippen LogP contribution in [0, 0.1) is 0 Å². The van der Waals surface area contributed by atoms with Gasteiger partial charge in [-0.25, -0.2) is 0 Å². The van der Waals surface area contributed by atoms with Gasteiger partial charge in [0.1, 0.15) is 11.4 Å². The first-order valence-electron chi connectivity index (χ1n) is 6.91. The smallest absolute Gasteiger partial charge is 0.231 e. The number of para-hydroxylation sites is 1. The number of phenols is 1. The predicted octanol–water partition coefficient (Wildman–Crippen LogP) is 2.78. The first-order chi connectivity index (χ1) is 9.67. The fourth-order valence-electron chi connectivity index (χ4n) is 2.48. The van der Waals surface area contributed by atoms with E-state index in [-0.39, 0.29) is 5.75 Å². The molecule has 2 heterocycles. The van der Waals surface area contributed by atoms with E-state index < -0.39 is 5.60 Å². The molecule has 1 aromatic carbocycles. The van der Waals surface area contributed by atoms with E-state index in [0.717, 1.165) is 31.4 Å². The van der Waals surface area contributed by atoms with Gasteiger partial charge < -0.3 is 14.4 Å². The second-order valence-corrected chi connectivity index (χ2v) is 5.35. The van der Waals surface area contributed by atoms with Gasteiger partial charge in [-0.2, -0.15) is 4.98 Å². The molecule has 1 unspecified atom stereocenters. The Morgan fingerprint density at radius 1 is 1.30 bits per heavy atom. The second kappa shape index (κ2) is 5.25. The average Bonchev–Trinajstić information content (AvgIpc) is 2.92. The third-order valence-electron chi connectivity index (χ3n) is 3.74. The van der Waals surface area contributed by atoms with E-state index in [0.29, 0.717) is 18.1 Å². The van der Waals surface area contributed by atoms with Crippen LogP contribution in [0.3, 0.4) is 0 Å². The molecule has 1 N–H and O–H groups in total. The number of hydrogen-bond donors (Lipinski definition) is 1. The summed E-state index contributed by atoms with van der Waals surface area (Å²) in [5.41, 5.74) is 0.330. The van der Waals surface area contributed by atoms with E-state index in [4.69, 9.17) is 9.26 Å². The van der Waals surface area contributed by atoms with Gasteiger partial charge in [0.2, 0.25) is 11.7 Å². The zero-order chi connectivity index (χ0) is 14.0. The minimum Gasteiger partial charge on any atom is -0.508 e. The van der Waals surface area contributed by atoms with Gasteiger partial charge in [0.15, 0.2) is 0 Å². The molecule has 5 nitrogen and oxygen atoms in total. The summed E-state index contributed by atoms with van der Waals surface area (Å²) in [4.78, 5) is 4.43. The van der Waals surface area contributed by atoms with Crippen LogP contribution in [-0.4, -0.2) is 21.9 Å². The van der Waals surface area contributed by atoms with Crippen molar-refractivity contribution in [2.75, 3.05) is 6.61 Å². The van der Waals surface area contributed by atoms with Crippen LogP contribution in [0.15, 0.2) is 28.8 Å². The maximum atomic E-state index is 9.76. The Morgan fingerprint density at radius 2 is 2.15 bits per heavy atom. The van der Waals surface area contributed by atoms with E-state index in [2.05, 4.69) is 10.1 Å². The number of phenolic OH excluding ortho intramolecular Hbond substituents is 1. The summed E-state index contributed by atoms with van der Waals surface area (Å²) in [5.74, 6) is 1.34. The molecule has 20 heavy (non-hydrogen) atoms. The maximum absolute atomic E-state index is 9.76. The Labute approximate surface area is 117 Å². The molecule has 1 atom stereocenters. The van der Waals surface area contributed by atoms with Crippen LogP contribution in [-0.2, 0) is 16.8 Å². The molecule has 5 heteroatoms. The van der Waals surface area contributed by atoms with Crippen LogP contribution < -0.4 is 0 Å². The molecular weight excluding hydrogens is 256 g/mol. The van der Waals surface area contributed by atoms with Crippen molar-refractivity contribution in [3.05, 3.63) is 41.5 Å². The summed E-state index contributed by atoms with van der Waals surface area (Å²) < 4.78 is 11.1. The van der Waals surface area contributed by atoms with Crippen molar-refractivity contribution < 1.29 is 14.4 Å². The van der Waals surface area contributed by atoms with Gasteiger partial charge in [-0.15, -0.1) is 0 Å². The van der Waals surface area contributed by atoms with Crippen LogP contribution in [0.1, 0.15) is 43.5 Å². The topological polar surface area (TPSA) is 68.4 Å². The predicted molar refractivity (Wildman–Crippen MR) is 72.4 cm³/mol. The lowest BCUT2D eigenvalue weighted by atomic mass is 9.95. The standard InChI is InChI=1S/C15H18N2O3/c1-15(8-4-5-9-19-15)14-16-13(20-17-14)10-11-6-2-3-7-12(11)18/h2-3,6-7,18H,4-5,8-10H2,1H3. The zero-order valence-electron chi connectivity index (χ0n) is 11.5. The Kier molecular flexibility index (Phi) is 3.44. The van der Waals surface area contributed by atoms with Crippen molar-refractivity contribution in [2.45, 2.75) is 38.2 Å². The molecule has 2 aromatic rings. The third kappa shape index (κ3) is 2.54. The summed E-state index contributed by atoms with van der Waals surface area (Å²) in [6.45, 7) is 2.74. The summed E-state index contributed by atoms with van der Waals surface area (Å²) in [6.07, 6.45) is 3.52. The van der Waals surface area contributed by atoms with Gasteiger partial charge in [0.05, 0.1) is 6.42 Å². The number of rotatable bonds is 3. The van der Waals surface area contributed by atoms with Crippen LogP contribution in [0.25, 0.3) is 0 Å². The Balaban J connectivity index is 1.78. The number of hydrogen-bond acceptors (Lipinski definition) is 5. The molecular formula is C15H18N2O3. The largest absolute Gasteiger partial charge is 0.508 e. The lowest BCUT2D eigenvalue weighted by Crippen LogP contribution is -2.31. The van der Waals surface area contributed by atoms with E-state index in [1.54, 1.807) is 12.1 Å². The van der Waals surface area contributed by atoms with Crippen LogP contribution in [0.5, 0.6) is 5.75 Å². The lowest BCUT2D eigenvalue weighted by molar-refractivity contribution is -0.0770. The summed E-state index contributed by atoms with van der Waals surface area (Å²) in [5, 5.41) is 13.8. The van der Waals surface area contributed by atoms with Crippen molar-refractivity contribution in [1.82, 2.24) is 10.1 Å². The van der Waals surface area contributed by atoms with Gasteiger partial charge in [-0.05, 0) is 32.3 Å². The maximum Gasteiger partial charge on any atom is 0.231 e. The normalized spacial score (nSPS) is 22.9. The molecule has 3 rings (SSSR count). The molecule has 0 bridgehead atoms. The highest BCUT2D eigenvalue weighted by atomic mass is 16.5. The summed E-state index contributed by atoms with van der Waals surface area (Å²) in [7, 11) is 0. The van der Waals surface area contributed by atoms with Crippen molar-refractivity contribution in [3.63, 3.8) is 0 Å². The number of nitrogens with zero attached hydrogens (tertiary/aromatic N) is 2. The van der Waals surface area contributed by atoms with Crippen molar-refractivity contribution >= 4 is 0 Å². The van der Waals surface area contributed by atoms with E-state index in [9.17, 15) is 5.11 Å². The monoisotopic (exact) mass is 274 g/mol. The molecule has 0 radical (unpaired) electrons. The highest BCUT2D eigenvalue weighted by molar-refractivity contribution is 5.33. The Bertz CT molecular complexity index is 588. The number of aromatic nitrogens is 2. The van der Waals surface area contributed by atoms with Crippen LogP contribution in [0.2, 0.25) is 0 Å². The number of benzene rings is 1. The molecule has 0 amide bonds. The highest BCUT2D eigenvalue weighted by Crippen LogP contribution is 2.33. The van der Waals surface area contributed by atoms with Gasteiger partial charge in [0.25, 0.3) is 0 Å². The van der Waals surface area contributed by atoms with Gasteiger partial charge >= 0.3 is 0 Å². The molecule has 1 aromatic heterocycles. The van der Waals surface area contributed by atoms with Crippen molar-refractivity contribution in [3.8, 4) is 5.75 Å². The van der Waals surface area contributed by atoms with E-state index in [1.165, 1.54) is 0 Å². The SMILES string of the molecule is CC1(c2noc(Cc3ccccc3O)n2)CCCCO1. The van der Waals surface area contributed by atoms with Crippen molar-refractivity contribution in [2.24, 2.45) is 0 Å².